The second kappa shape index (κ2) is 5.13. The van der Waals surface area contributed by atoms with E-state index in [-0.39, 0.29) is 11.1 Å². The fourth-order valence-electron chi connectivity index (χ4n) is 1.29. The molecule has 2 aromatic rings. The van der Waals surface area contributed by atoms with Crippen molar-refractivity contribution in [2.24, 2.45) is 0 Å². The van der Waals surface area contributed by atoms with Crippen LogP contribution in [-0.2, 0) is 0 Å². The number of furan rings is 1. The number of carbonyl (C=O) groups is 2. The van der Waals surface area contributed by atoms with E-state index >= 15 is 0 Å². The third-order valence-electron chi connectivity index (χ3n) is 2.19. The molecule has 0 aliphatic heterocycles. The summed E-state index contributed by atoms with van der Waals surface area (Å²) in [4.78, 5) is 23.0. The Hall–Kier alpha value is -2.63. The van der Waals surface area contributed by atoms with Gasteiger partial charge in [-0.3, -0.25) is 20.4 Å². The van der Waals surface area contributed by atoms with Crippen LogP contribution in [0.25, 0.3) is 0 Å². The number of rotatable bonds is 2. The van der Waals surface area contributed by atoms with E-state index in [9.17, 15) is 14.0 Å². The second-order valence-corrected chi connectivity index (χ2v) is 3.40. The van der Waals surface area contributed by atoms with Gasteiger partial charge in [0.25, 0.3) is 11.8 Å². The molecule has 0 aliphatic carbocycles. The predicted octanol–water partition coefficient (Wildman–Crippen LogP) is 1.49. The van der Waals surface area contributed by atoms with Crippen LogP contribution in [0.5, 0.6) is 0 Å². The van der Waals surface area contributed by atoms with E-state index in [1.165, 1.54) is 36.8 Å². The maximum atomic E-state index is 13.2. The maximum Gasteiger partial charge on any atom is 0.272 e. The Morgan fingerprint density at radius 3 is 2.44 bits per heavy atom. The van der Waals surface area contributed by atoms with Gasteiger partial charge in [-0.05, 0) is 18.2 Å². The van der Waals surface area contributed by atoms with Gasteiger partial charge in [-0.25, -0.2) is 4.39 Å². The van der Waals surface area contributed by atoms with Crippen LogP contribution in [0.15, 0.2) is 47.3 Å². The highest BCUT2D eigenvalue weighted by atomic mass is 19.1. The normalized spacial score (nSPS) is 9.83. The van der Waals surface area contributed by atoms with Gasteiger partial charge in [0.1, 0.15) is 12.1 Å². The fraction of sp³-hybridized carbons (Fsp3) is 0. The van der Waals surface area contributed by atoms with Crippen molar-refractivity contribution in [3.63, 3.8) is 0 Å². The van der Waals surface area contributed by atoms with E-state index in [2.05, 4.69) is 10.9 Å². The molecule has 0 spiro atoms. The molecule has 1 aromatic carbocycles. The van der Waals surface area contributed by atoms with Gasteiger partial charge >= 0.3 is 0 Å². The van der Waals surface area contributed by atoms with Crippen LogP contribution in [0.3, 0.4) is 0 Å². The van der Waals surface area contributed by atoms with Crippen molar-refractivity contribution in [1.29, 1.82) is 0 Å². The lowest BCUT2D eigenvalue weighted by Crippen LogP contribution is -2.41. The Morgan fingerprint density at radius 2 is 1.78 bits per heavy atom. The summed E-state index contributed by atoms with van der Waals surface area (Å²) in [7, 11) is 0. The molecule has 0 bridgehead atoms. The Morgan fingerprint density at radius 1 is 1.06 bits per heavy atom. The molecule has 2 amide bonds. The van der Waals surface area contributed by atoms with Gasteiger partial charge in [0.2, 0.25) is 0 Å². The second-order valence-electron chi connectivity index (χ2n) is 3.40. The molecular formula is C12H9FN2O3. The minimum absolute atomic E-state index is 0.148. The number of hydrogen-bond donors (Lipinski definition) is 2. The molecule has 0 aliphatic rings. The first-order chi connectivity index (χ1) is 8.68. The quantitative estimate of drug-likeness (QED) is 0.791. The number of hydrogen-bond acceptors (Lipinski definition) is 3. The minimum atomic E-state index is -0.732. The van der Waals surface area contributed by atoms with E-state index in [0.29, 0.717) is 0 Å². The summed E-state index contributed by atoms with van der Waals surface area (Å²) >= 11 is 0. The summed E-state index contributed by atoms with van der Waals surface area (Å²) in [5.41, 5.74) is 4.36. The van der Waals surface area contributed by atoms with Crippen LogP contribution in [0.1, 0.15) is 20.7 Å². The number of hydrazine groups is 1. The van der Waals surface area contributed by atoms with Crippen molar-refractivity contribution in [3.05, 3.63) is 59.8 Å². The molecular weight excluding hydrogens is 239 g/mol. The van der Waals surface area contributed by atoms with Gasteiger partial charge in [-0.1, -0.05) is 12.1 Å². The molecule has 1 aromatic heterocycles. The monoisotopic (exact) mass is 248 g/mol. The summed E-state index contributed by atoms with van der Waals surface area (Å²) in [6.45, 7) is 0. The van der Waals surface area contributed by atoms with E-state index in [0.717, 1.165) is 6.07 Å². The van der Waals surface area contributed by atoms with Crippen LogP contribution in [-0.4, -0.2) is 11.8 Å². The third kappa shape index (κ3) is 2.54. The van der Waals surface area contributed by atoms with Crippen LogP contribution in [0, 0.1) is 5.82 Å². The van der Waals surface area contributed by atoms with Crippen LogP contribution in [0.4, 0.5) is 4.39 Å². The lowest BCUT2D eigenvalue weighted by atomic mass is 10.2. The van der Waals surface area contributed by atoms with Gasteiger partial charge in [-0.2, -0.15) is 0 Å². The zero-order chi connectivity index (χ0) is 13.0. The number of amides is 2. The summed E-state index contributed by atoms with van der Waals surface area (Å²) in [5.74, 6) is -1.94. The molecule has 0 radical (unpaired) electrons. The number of benzene rings is 1. The van der Waals surface area contributed by atoms with E-state index in [1.54, 1.807) is 0 Å². The van der Waals surface area contributed by atoms with Crippen molar-refractivity contribution < 1.29 is 18.4 Å². The SMILES string of the molecule is O=C(NNC(=O)c1ccccc1F)c1ccoc1. The topological polar surface area (TPSA) is 71.3 Å². The zero-order valence-corrected chi connectivity index (χ0v) is 9.14. The highest BCUT2D eigenvalue weighted by Crippen LogP contribution is 2.05. The van der Waals surface area contributed by atoms with E-state index in [4.69, 9.17) is 4.42 Å². The molecule has 2 rings (SSSR count). The average Bonchev–Trinajstić information content (AvgIpc) is 2.90. The Kier molecular flexibility index (Phi) is 3.38. The van der Waals surface area contributed by atoms with Crippen LogP contribution >= 0.6 is 0 Å². The lowest BCUT2D eigenvalue weighted by molar-refractivity contribution is 0.0844. The van der Waals surface area contributed by atoms with Crippen molar-refractivity contribution in [2.75, 3.05) is 0 Å². The molecule has 1 heterocycles. The molecule has 92 valence electrons. The summed E-state index contributed by atoms with van der Waals surface area (Å²) in [6.07, 6.45) is 2.55. The van der Waals surface area contributed by atoms with E-state index < -0.39 is 17.6 Å². The van der Waals surface area contributed by atoms with Crippen LogP contribution < -0.4 is 10.9 Å². The van der Waals surface area contributed by atoms with Crippen LogP contribution in [0.2, 0.25) is 0 Å². The van der Waals surface area contributed by atoms with Gasteiger partial charge in [0, 0.05) is 0 Å². The fourth-order valence-corrected chi connectivity index (χ4v) is 1.29. The number of carbonyl (C=O) groups excluding carboxylic acids is 2. The van der Waals surface area contributed by atoms with Gasteiger partial charge in [0.15, 0.2) is 0 Å². The molecule has 0 atom stereocenters. The van der Waals surface area contributed by atoms with Crippen molar-refractivity contribution in [2.45, 2.75) is 0 Å². The number of halogens is 1. The third-order valence-corrected chi connectivity index (χ3v) is 2.19. The average molecular weight is 248 g/mol. The van der Waals surface area contributed by atoms with Gasteiger partial charge < -0.3 is 4.42 Å². The minimum Gasteiger partial charge on any atom is -0.472 e. The Labute approximate surface area is 102 Å². The number of nitrogens with one attached hydrogen (secondary N) is 2. The molecule has 0 unspecified atom stereocenters. The largest absolute Gasteiger partial charge is 0.472 e. The Balaban J connectivity index is 1.97. The van der Waals surface area contributed by atoms with Gasteiger partial charge in [-0.15, -0.1) is 0 Å². The van der Waals surface area contributed by atoms with Crippen molar-refractivity contribution in [3.8, 4) is 0 Å². The molecule has 2 N–H and O–H groups in total. The summed E-state index contributed by atoms with van der Waals surface area (Å²) in [6, 6.07) is 6.90. The molecule has 18 heavy (non-hydrogen) atoms. The molecule has 5 nitrogen and oxygen atoms in total. The molecule has 0 fully saturated rings. The smallest absolute Gasteiger partial charge is 0.272 e. The standard InChI is InChI=1S/C12H9FN2O3/c13-10-4-2-1-3-9(10)12(17)15-14-11(16)8-5-6-18-7-8/h1-7H,(H,14,16)(H,15,17). The van der Waals surface area contributed by atoms with Gasteiger partial charge in [0.05, 0.1) is 17.4 Å². The van der Waals surface area contributed by atoms with Crippen molar-refractivity contribution >= 4 is 11.8 Å². The first kappa shape index (κ1) is 11.8. The molecule has 6 heteroatoms. The van der Waals surface area contributed by atoms with E-state index in [1.807, 2.05) is 0 Å². The first-order valence-corrected chi connectivity index (χ1v) is 5.06. The molecule has 0 saturated carbocycles. The maximum absolute atomic E-state index is 13.2. The summed E-state index contributed by atoms with van der Waals surface area (Å²) in [5, 5.41) is 0. The van der Waals surface area contributed by atoms with Crippen molar-refractivity contribution in [1.82, 2.24) is 10.9 Å². The highest BCUT2D eigenvalue weighted by Gasteiger charge is 2.12. The predicted molar refractivity (Wildman–Crippen MR) is 60.0 cm³/mol. The Bertz CT molecular complexity index is 566. The zero-order valence-electron chi connectivity index (χ0n) is 9.14. The molecule has 0 saturated heterocycles. The lowest BCUT2D eigenvalue weighted by Gasteiger charge is -2.06. The highest BCUT2D eigenvalue weighted by molar-refractivity contribution is 5.98. The first-order valence-electron chi connectivity index (χ1n) is 5.06. The summed E-state index contributed by atoms with van der Waals surface area (Å²) < 4.78 is 18.0.